The van der Waals surface area contributed by atoms with Crippen LogP contribution in [0.1, 0.15) is 35.9 Å². The molecule has 0 bridgehead atoms. The van der Waals surface area contributed by atoms with E-state index >= 15 is 0 Å². The Morgan fingerprint density at radius 3 is 2.57 bits per heavy atom. The zero-order valence-corrected chi connectivity index (χ0v) is 14.8. The summed E-state index contributed by atoms with van der Waals surface area (Å²) in [6, 6.07) is 17.1. The average molecular weight is 383 g/mol. The molecular formula is C20H15F2N3O3. The van der Waals surface area contributed by atoms with Crippen molar-refractivity contribution in [1.29, 1.82) is 0 Å². The van der Waals surface area contributed by atoms with Gasteiger partial charge >= 0.3 is 12.5 Å². The summed E-state index contributed by atoms with van der Waals surface area (Å²) in [6.07, 6.45) is -1.01. The molecule has 0 N–H and O–H groups in total. The van der Waals surface area contributed by atoms with Gasteiger partial charge in [-0.15, -0.1) is 0 Å². The molecule has 0 aliphatic heterocycles. The Hall–Kier alpha value is -3.55. The third kappa shape index (κ3) is 3.24. The molecule has 0 spiro atoms. The molecule has 4 aromatic rings. The second-order valence-electron chi connectivity index (χ2n) is 6.10. The summed E-state index contributed by atoms with van der Waals surface area (Å²) in [6.45, 7) is -1.34. The maximum Gasteiger partial charge on any atom is 0.361 e. The number of nitrogens with zero attached hydrogens (tertiary/aromatic N) is 3. The van der Waals surface area contributed by atoms with Crippen LogP contribution in [-0.2, 0) is 4.74 Å². The molecule has 142 valence electrons. The molecule has 8 heteroatoms. The Morgan fingerprint density at radius 2 is 1.82 bits per heavy atom. The van der Waals surface area contributed by atoms with Crippen molar-refractivity contribution in [2.75, 3.05) is 0 Å². The van der Waals surface area contributed by atoms with E-state index in [0.717, 1.165) is 10.1 Å². The smallest absolute Gasteiger partial charge is 0.361 e. The summed E-state index contributed by atoms with van der Waals surface area (Å²) in [5, 5.41) is 3.71. The van der Waals surface area contributed by atoms with Crippen molar-refractivity contribution in [3.63, 3.8) is 0 Å². The fraction of sp³-hybridized carbons (Fsp3) is 0.150. The monoisotopic (exact) mass is 383 g/mol. The Balaban J connectivity index is 1.58. The van der Waals surface area contributed by atoms with Crippen molar-refractivity contribution < 1.29 is 22.8 Å². The molecule has 0 saturated heterocycles. The highest BCUT2D eigenvalue weighted by atomic mass is 19.3. The first-order valence-corrected chi connectivity index (χ1v) is 8.52. The predicted octanol–water partition coefficient (Wildman–Crippen LogP) is 5.00. The Bertz CT molecular complexity index is 1120. The lowest BCUT2D eigenvalue weighted by molar-refractivity contribution is 0.0223. The number of halogens is 2. The van der Waals surface area contributed by atoms with Crippen LogP contribution in [0.3, 0.4) is 0 Å². The number of esters is 1. The van der Waals surface area contributed by atoms with Gasteiger partial charge in [0.25, 0.3) is 0 Å². The third-order valence-electron chi connectivity index (χ3n) is 4.24. The van der Waals surface area contributed by atoms with Crippen molar-refractivity contribution in [3.05, 3.63) is 72.2 Å². The Kier molecular flexibility index (Phi) is 4.60. The van der Waals surface area contributed by atoms with Crippen molar-refractivity contribution in [3.8, 4) is 11.3 Å². The van der Waals surface area contributed by atoms with Gasteiger partial charge in [-0.3, -0.25) is 4.57 Å². The first-order valence-electron chi connectivity index (χ1n) is 8.52. The highest BCUT2D eigenvalue weighted by molar-refractivity contribution is 5.88. The van der Waals surface area contributed by atoms with Gasteiger partial charge in [-0.1, -0.05) is 47.6 Å². The number of aromatic nitrogens is 3. The summed E-state index contributed by atoms with van der Waals surface area (Å²) < 4.78 is 38.4. The minimum absolute atomic E-state index is 0.0451. The Labute approximate surface area is 158 Å². The summed E-state index contributed by atoms with van der Waals surface area (Å²) in [5.41, 5.74) is 1.36. The summed E-state index contributed by atoms with van der Waals surface area (Å²) in [7, 11) is 0. The number of carbonyl (C=O) groups is 1. The van der Waals surface area contributed by atoms with Gasteiger partial charge in [0.05, 0.1) is 11.0 Å². The molecule has 2 heterocycles. The molecule has 28 heavy (non-hydrogen) atoms. The lowest BCUT2D eigenvalue weighted by Gasteiger charge is -2.14. The summed E-state index contributed by atoms with van der Waals surface area (Å²) in [4.78, 5) is 16.6. The lowest BCUT2D eigenvalue weighted by Crippen LogP contribution is -2.14. The first kappa shape index (κ1) is 17.8. The van der Waals surface area contributed by atoms with Crippen LogP contribution < -0.4 is 0 Å². The van der Waals surface area contributed by atoms with E-state index < -0.39 is 18.6 Å². The molecule has 0 radical (unpaired) electrons. The van der Waals surface area contributed by atoms with E-state index in [1.165, 1.54) is 19.1 Å². The van der Waals surface area contributed by atoms with E-state index in [1.807, 2.05) is 30.3 Å². The molecule has 0 amide bonds. The van der Waals surface area contributed by atoms with Crippen LogP contribution in [0.4, 0.5) is 8.78 Å². The average Bonchev–Trinajstić information content (AvgIpc) is 3.34. The van der Waals surface area contributed by atoms with Crippen LogP contribution in [0.2, 0.25) is 0 Å². The van der Waals surface area contributed by atoms with Gasteiger partial charge in [-0.05, 0) is 19.1 Å². The van der Waals surface area contributed by atoms with Crippen LogP contribution in [0.5, 0.6) is 0 Å². The number of carbonyl (C=O) groups excluding carboxylic acids is 1. The zero-order chi connectivity index (χ0) is 19.7. The number of imidazole rings is 1. The maximum atomic E-state index is 13.6. The number of fused-ring (bicyclic) bond motifs is 1. The number of benzene rings is 2. The predicted molar refractivity (Wildman–Crippen MR) is 96.8 cm³/mol. The molecule has 6 nitrogen and oxygen atoms in total. The highest BCUT2D eigenvalue weighted by Gasteiger charge is 2.26. The molecule has 0 aliphatic rings. The van der Waals surface area contributed by atoms with Gasteiger partial charge in [-0.25, -0.2) is 9.78 Å². The number of hydrogen-bond donors (Lipinski definition) is 0. The largest absolute Gasteiger partial charge is 0.450 e. The molecule has 4 rings (SSSR count). The molecule has 2 aromatic carbocycles. The highest BCUT2D eigenvalue weighted by Crippen LogP contribution is 2.29. The van der Waals surface area contributed by atoms with Crippen molar-refractivity contribution in [1.82, 2.24) is 14.7 Å². The maximum absolute atomic E-state index is 13.6. The molecule has 2 aromatic heterocycles. The van der Waals surface area contributed by atoms with E-state index in [2.05, 4.69) is 10.1 Å². The standard InChI is InChI=1S/C20H15F2N3O3/c1-12(18-23-14-9-5-6-10-16(14)25(18)20(21)22)27-19(26)15-11-17(28-24-15)13-7-3-2-4-8-13/h2-12,20H,1H3. The lowest BCUT2D eigenvalue weighted by atomic mass is 10.2. The van der Waals surface area contributed by atoms with Crippen LogP contribution in [0.25, 0.3) is 22.4 Å². The van der Waals surface area contributed by atoms with E-state index in [1.54, 1.807) is 18.2 Å². The van der Waals surface area contributed by atoms with E-state index in [9.17, 15) is 13.6 Å². The quantitative estimate of drug-likeness (QED) is 0.453. The molecule has 0 saturated carbocycles. The number of alkyl halides is 2. The van der Waals surface area contributed by atoms with Crippen molar-refractivity contribution >= 4 is 17.0 Å². The second-order valence-corrected chi connectivity index (χ2v) is 6.10. The van der Waals surface area contributed by atoms with Gasteiger partial charge in [-0.2, -0.15) is 8.78 Å². The fourth-order valence-electron chi connectivity index (χ4n) is 2.94. The summed E-state index contributed by atoms with van der Waals surface area (Å²) in [5.74, 6) is -0.428. The number of rotatable bonds is 5. The van der Waals surface area contributed by atoms with E-state index in [0.29, 0.717) is 11.3 Å². The SMILES string of the molecule is CC(OC(=O)c1cc(-c2ccccc2)on1)c1nc2ccccc2n1C(F)F. The number of para-hydroxylation sites is 2. The second kappa shape index (κ2) is 7.22. The molecule has 0 fully saturated rings. The minimum atomic E-state index is -2.82. The van der Waals surface area contributed by atoms with Crippen molar-refractivity contribution in [2.45, 2.75) is 19.6 Å². The van der Waals surface area contributed by atoms with Gasteiger partial charge in [0, 0.05) is 11.6 Å². The normalized spacial score (nSPS) is 12.4. The van der Waals surface area contributed by atoms with E-state index in [4.69, 9.17) is 9.26 Å². The van der Waals surface area contributed by atoms with Gasteiger partial charge in [0.1, 0.15) is 0 Å². The van der Waals surface area contributed by atoms with Crippen LogP contribution in [-0.4, -0.2) is 20.7 Å². The van der Waals surface area contributed by atoms with Gasteiger partial charge < -0.3 is 9.26 Å². The molecule has 0 aliphatic carbocycles. The third-order valence-corrected chi connectivity index (χ3v) is 4.24. The first-order chi connectivity index (χ1) is 13.5. The Morgan fingerprint density at radius 1 is 1.11 bits per heavy atom. The minimum Gasteiger partial charge on any atom is -0.450 e. The van der Waals surface area contributed by atoms with Crippen LogP contribution >= 0.6 is 0 Å². The van der Waals surface area contributed by atoms with Crippen LogP contribution in [0.15, 0.2) is 65.2 Å². The van der Waals surface area contributed by atoms with Gasteiger partial charge in [0.2, 0.25) is 0 Å². The number of hydrogen-bond acceptors (Lipinski definition) is 5. The van der Waals surface area contributed by atoms with Crippen LogP contribution in [0, 0.1) is 0 Å². The molecule has 1 atom stereocenters. The number of ether oxygens (including phenoxy) is 1. The molecule has 1 unspecified atom stereocenters. The van der Waals surface area contributed by atoms with E-state index in [-0.39, 0.29) is 17.0 Å². The summed E-state index contributed by atoms with van der Waals surface area (Å²) >= 11 is 0. The topological polar surface area (TPSA) is 70.2 Å². The van der Waals surface area contributed by atoms with Gasteiger partial charge in [0.15, 0.2) is 23.4 Å². The fourth-order valence-corrected chi connectivity index (χ4v) is 2.94. The zero-order valence-electron chi connectivity index (χ0n) is 14.8. The van der Waals surface area contributed by atoms with Crippen molar-refractivity contribution in [2.24, 2.45) is 0 Å². The molecular weight excluding hydrogens is 368 g/mol.